The first-order valence-corrected chi connectivity index (χ1v) is 7.72. The van der Waals surface area contributed by atoms with Gasteiger partial charge in [-0.25, -0.2) is 9.18 Å². The fourth-order valence-corrected chi connectivity index (χ4v) is 2.33. The Kier molecular flexibility index (Phi) is 5.74. The molecule has 0 aliphatic heterocycles. The van der Waals surface area contributed by atoms with E-state index in [4.69, 9.17) is 16.3 Å². The van der Waals surface area contributed by atoms with Crippen molar-refractivity contribution >= 4 is 45.1 Å². The molecule has 2 rings (SSSR count). The second kappa shape index (κ2) is 7.57. The van der Waals surface area contributed by atoms with Gasteiger partial charge in [0.05, 0.1) is 16.3 Å². The quantitative estimate of drug-likeness (QED) is 0.777. The molecule has 1 amide bonds. The fraction of sp³-hybridized carbons (Fsp3) is 0.125. The normalized spacial score (nSPS) is 10.3. The Labute approximate surface area is 145 Å². The van der Waals surface area contributed by atoms with E-state index in [0.717, 1.165) is 5.56 Å². The number of rotatable bonds is 4. The molecule has 120 valence electrons. The zero-order valence-corrected chi connectivity index (χ0v) is 14.4. The number of ether oxygens (including phenoxy) is 1. The smallest absolute Gasteiger partial charge is 0.340 e. The van der Waals surface area contributed by atoms with Crippen LogP contribution in [0.15, 0.2) is 40.9 Å². The van der Waals surface area contributed by atoms with Crippen molar-refractivity contribution in [2.45, 2.75) is 6.92 Å². The van der Waals surface area contributed by atoms with Crippen molar-refractivity contribution in [3.8, 4) is 0 Å². The number of nitrogens with one attached hydrogen (secondary N) is 1. The van der Waals surface area contributed by atoms with Crippen LogP contribution < -0.4 is 5.32 Å². The molecule has 0 fully saturated rings. The van der Waals surface area contributed by atoms with Crippen LogP contribution in [0.2, 0.25) is 5.02 Å². The molecular weight excluding hydrogens is 389 g/mol. The molecule has 23 heavy (non-hydrogen) atoms. The molecule has 0 heterocycles. The third-order valence-corrected chi connectivity index (χ3v) is 3.70. The van der Waals surface area contributed by atoms with Crippen molar-refractivity contribution in [2.75, 3.05) is 11.9 Å². The van der Waals surface area contributed by atoms with Crippen molar-refractivity contribution in [3.05, 3.63) is 62.8 Å². The second-order valence-electron chi connectivity index (χ2n) is 4.73. The van der Waals surface area contributed by atoms with Crippen molar-refractivity contribution in [1.29, 1.82) is 0 Å². The minimum absolute atomic E-state index is 0.0251. The number of carbonyl (C=O) groups excluding carboxylic acids is 2. The number of carbonyl (C=O) groups is 2. The van der Waals surface area contributed by atoms with Crippen molar-refractivity contribution in [1.82, 2.24) is 0 Å². The zero-order chi connectivity index (χ0) is 17.0. The van der Waals surface area contributed by atoms with E-state index in [2.05, 4.69) is 21.2 Å². The summed E-state index contributed by atoms with van der Waals surface area (Å²) in [4.78, 5) is 23.6. The molecule has 0 bridgehead atoms. The van der Waals surface area contributed by atoms with Crippen LogP contribution in [0.25, 0.3) is 0 Å². The average molecular weight is 401 g/mol. The number of hydrogen-bond donors (Lipinski definition) is 1. The molecular formula is C16H12BrClFNO3. The number of benzene rings is 2. The maximum Gasteiger partial charge on any atom is 0.340 e. The van der Waals surface area contributed by atoms with E-state index in [1.807, 2.05) is 0 Å². The molecule has 0 radical (unpaired) electrons. The molecule has 4 nitrogen and oxygen atoms in total. The van der Waals surface area contributed by atoms with Gasteiger partial charge in [0.1, 0.15) is 5.82 Å². The topological polar surface area (TPSA) is 55.4 Å². The van der Waals surface area contributed by atoms with Crippen molar-refractivity contribution < 1.29 is 18.7 Å². The van der Waals surface area contributed by atoms with Gasteiger partial charge in [-0.15, -0.1) is 0 Å². The first-order valence-electron chi connectivity index (χ1n) is 6.55. The number of anilines is 1. The Morgan fingerprint density at radius 3 is 2.70 bits per heavy atom. The molecule has 7 heteroatoms. The van der Waals surface area contributed by atoms with Crippen LogP contribution in [-0.4, -0.2) is 18.5 Å². The number of halogens is 3. The van der Waals surface area contributed by atoms with Gasteiger partial charge in [0, 0.05) is 4.47 Å². The Morgan fingerprint density at radius 1 is 1.26 bits per heavy atom. The van der Waals surface area contributed by atoms with Crippen molar-refractivity contribution in [3.63, 3.8) is 0 Å². The van der Waals surface area contributed by atoms with Crippen LogP contribution >= 0.6 is 27.5 Å². The summed E-state index contributed by atoms with van der Waals surface area (Å²) in [5.41, 5.74) is 0.892. The first kappa shape index (κ1) is 17.4. The van der Waals surface area contributed by atoms with Crippen LogP contribution in [0.5, 0.6) is 0 Å². The Morgan fingerprint density at radius 2 is 2.00 bits per heavy atom. The summed E-state index contributed by atoms with van der Waals surface area (Å²) in [5.74, 6) is -1.94. The molecule has 0 aliphatic carbocycles. The van der Waals surface area contributed by atoms with Gasteiger partial charge >= 0.3 is 5.97 Å². The molecule has 0 aliphatic rings. The van der Waals surface area contributed by atoms with E-state index in [1.54, 1.807) is 19.1 Å². The minimum atomic E-state index is -0.740. The first-order chi connectivity index (χ1) is 10.9. The van der Waals surface area contributed by atoms with Gasteiger partial charge in [0.2, 0.25) is 0 Å². The molecule has 0 aromatic heterocycles. The third-order valence-electron chi connectivity index (χ3n) is 2.88. The van der Waals surface area contributed by atoms with Crippen LogP contribution in [0, 0.1) is 12.7 Å². The van der Waals surface area contributed by atoms with Crippen LogP contribution in [0.4, 0.5) is 10.1 Å². The van der Waals surface area contributed by atoms with E-state index in [-0.39, 0.29) is 16.3 Å². The van der Waals surface area contributed by atoms with E-state index in [9.17, 15) is 14.0 Å². The molecule has 0 spiro atoms. The van der Waals surface area contributed by atoms with E-state index in [0.29, 0.717) is 4.47 Å². The third kappa shape index (κ3) is 4.77. The lowest BCUT2D eigenvalue weighted by Crippen LogP contribution is -2.21. The summed E-state index contributed by atoms with van der Waals surface area (Å²) in [7, 11) is 0. The Bertz CT molecular complexity index is 767. The number of amides is 1. The monoisotopic (exact) mass is 399 g/mol. The van der Waals surface area contributed by atoms with Gasteiger partial charge < -0.3 is 10.1 Å². The van der Waals surface area contributed by atoms with Crippen LogP contribution in [0.1, 0.15) is 15.9 Å². The summed E-state index contributed by atoms with van der Waals surface area (Å²) in [6.07, 6.45) is 0. The highest BCUT2D eigenvalue weighted by Crippen LogP contribution is 2.21. The van der Waals surface area contributed by atoms with Crippen molar-refractivity contribution in [2.24, 2.45) is 0 Å². The maximum atomic E-state index is 13.6. The summed E-state index contributed by atoms with van der Waals surface area (Å²) in [6, 6.07) is 9.09. The number of aryl methyl sites for hydroxylation is 1. The fourth-order valence-electron chi connectivity index (χ4n) is 1.77. The SMILES string of the molecule is Cc1ccc(NC(=O)COC(=O)c2cc(Br)ccc2Cl)c(F)c1. The van der Waals surface area contributed by atoms with Gasteiger partial charge in [0.25, 0.3) is 5.91 Å². The molecule has 2 aromatic carbocycles. The Balaban J connectivity index is 1.96. The molecule has 0 saturated carbocycles. The molecule has 0 unspecified atom stereocenters. The summed E-state index contributed by atoms with van der Waals surface area (Å²) < 4.78 is 19.2. The van der Waals surface area contributed by atoms with Gasteiger partial charge in [-0.1, -0.05) is 33.6 Å². The molecule has 0 saturated heterocycles. The molecule has 1 N–H and O–H groups in total. The highest BCUT2D eigenvalue weighted by molar-refractivity contribution is 9.10. The minimum Gasteiger partial charge on any atom is -0.452 e. The summed E-state index contributed by atoms with van der Waals surface area (Å²) >= 11 is 9.12. The van der Waals surface area contributed by atoms with E-state index in [1.165, 1.54) is 24.3 Å². The van der Waals surface area contributed by atoms with Crippen LogP contribution in [-0.2, 0) is 9.53 Å². The summed E-state index contributed by atoms with van der Waals surface area (Å²) in [5, 5.41) is 2.55. The Hall–Kier alpha value is -1.92. The average Bonchev–Trinajstić information content (AvgIpc) is 2.50. The van der Waals surface area contributed by atoms with Crippen LogP contribution in [0.3, 0.4) is 0 Å². The lowest BCUT2D eigenvalue weighted by molar-refractivity contribution is -0.119. The lowest BCUT2D eigenvalue weighted by atomic mass is 10.2. The molecule has 2 aromatic rings. The standard InChI is InChI=1S/C16H12BrClFNO3/c1-9-2-5-14(13(19)6-9)20-15(21)8-23-16(22)11-7-10(17)3-4-12(11)18/h2-7H,8H2,1H3,(H,20,21). The predicted molar refractivity (Wildman–Crippen MR) is 89.2 cm³/mol. The van der Waals surface area contributed by atoms with Gasteiger partial charge in [0.15, 0.2) is 6.61 Å². The highest BCUT2D eigenvalue weighted by atomic mass is 79.9. The maximum absolute atomic E-state index is 13.6. The van der Waals surface area contributed by atoms with Gasteiger partial charge in [-0.05, 0) is 42.8 Å². The largest absolute Gasteiger partial charge is 0.452 e. The number of hydrogen-bond acceptors (Lipinski definition) is 3. The predicted octanol–water partition coefficient (Wildman–Crippen LogP) is 4.35. The molecule has 0 atom stereocenters. The summed E-state index contributed by atoms with van der Waals surface area (Å²) in [6.45, 7) is 1.19. The van der Waals surface area contributed by atoms with E-state index >= 15 is 0 Å². The zero-order valence-electron chi connectivity index (χ0n) is 12.0. The van der Waals surface area contributed by atoms with E-state index < -0.39 is 24.3 Å². The second-order valence-corrected chi connectivity index (χ2v) is 6.05. The number of esters is 1. The highest BCUT2D eigenvalue weighted by Gasteiger charge is 2.15. The lowest BCUT2D eigenvalue weighted by Gasteiger charge is -2.09. The van der Waals surface area contributed by atoms with Gasteiger partial charge in [-0.3, -0.25) is 4.79 Å². The van der Waals surface area contributed by atoms with Gasteiger partial charge in [-0.2, -0.15) is 0 Å².